The van der Waals surface area contributed by atoms with Crippen LogP contribution in [0, 0.1) is 5.92 Å². The second-order valence-electron chi connectivity index (χ2n) is 5.83. The molecule has 2 aromatic carbocycles. The van der Waals surface area contributed by atoms with Crippen LogP contribution in [0.15, 0.2) is 54.6 Å². The molecule has 3 atom stereocenters. The average Bonchev–Trinajstić information content (AvgIpc) is 3.34. The van der Waals surface area contributed by atoms with Gasteiger partial charge in [-0.1, -0.05) is 48.5 Å². The Morgan fingerprint density at radius 3 is 2.52 bits per heavy atom. The average molecular weight is 281 g/mol. The monoisotopic (exact) mass is 281 g/mol. The molecule has 110 valence electrons. The van der Waals surface area contributed by atoms with Gasteiger partial charge in [0.1, 0.15) is 5.75 Å². The van der Waals surface area contributed by atoms with Crippen LogP contribution in [-0.4, -0.2) is 20.2 Å². The quantitative estimate of drug-likeness (QED) is 0.873. The molecule has 1 fully saturated rings. The zero-order valence-corrected chi connectivity index (χ0v) is 12.8. The number of nitrogens with one attached hydrogen (secondary N) is 1. The van der Waals surface area contributed by atoms with Crippen molar-refractivity contribution >= 4 is 0 Å². The molecule has 2 nitrogen and oxygen atoms in total. The molecule has 1 aliphatic carbocycles. The summed E-state index contributed by atoms with van der Waals surface area (Å²) in [6, 6.07) is 19.7. The molecule has 3 rings (SSSR count). The van der Waals surface area contributed by atoms with Gasteiger partial charge in [-0.25, -0.2) is 0 Å². The van der Waals surface area contributed by atoms with E-state index in [1.165, 1.54) is 17.5 Å². The summed E-state index contributed by atoms with van der Waals surface area (Å²) in [6.07, 6.45) is 2.30. The zero-order valence-electron chi connectivity index (χ0n) is 12.8. The zero-order chi connectivity index (χ0) is 14.7. The molecule has 21 heavy (non-hydrogen) atoms. The molecule has 3 unspecified atom stereocenters. The van der Waals surface area contributed by atoms with Crippen molar-refractivity contribution in [3.05, 3.63) is 65.7 Å². The van der Waals surface area contributed by atoms with E-state index in [1.54, 1.807) is 7.11 Å². The van der Waals surface area contributed by atoms with Crippen LogP contribution in [0.25, 0.3) is 0 Å². The predicted molar refractivity (Wildman–Crippen MR) is 86.8 cm³/mol. The van der Waals surface area contributed by atoms with Gasteiger partial charge in [-0.15, -0.1) is 0 Å². The summed E-state index contributed by atoms with van der Waals surface area (Å²) in [7, 11) is 3.82. The number of likely N-dealkylation sites (N-methyl/N-ethyl adjacent to an activating group) is 1. The van der Waals surface area contributed by atoms with E-state index in [0.717, 1.165) is 18.1 Å². The highest BCUT2D eigenvalue weighted by Gasteiger charge is 2.43. The van der Waals surface area contributed by atoms with Crippen LogP contribution >= 0.6 is 0 Å². The summed E-state index contributed by atoms with van der Waals surface area (Å²) in [5.41, 5.74) is 2.76. The summed E-state index contributed by atoms with van der Waals surface area (Å²) in [6.45, 7) is 0. The van der Waals surface area contributed by atoms with Crippen molar-refractivity contribution in [3.8, 4) is 5.75 Å². The van der Waals surface area contributed by atoms with Crippen LogP contribution in [0.2, 0.25) is 0 Å². The van der Waals surface area contributed by atoms with Gasteiger partial charge in [0.15, 0.2) is 0 Å². The maximum atomic E-state index is 5.47. The number of hydrogen-bond acceptors (Lipinski definition) is 2. The van der Waals surface area contributed by atoms with E-state index in [0.29, 0.717) is 12.0 Å². The highest BCUT2D eigenvalue weighted by atomic mass is 16.5. The third-order valence-corrected chi connectivity index (χ3v) is 4.59. The summed E-state index contributed by atoms with van der Waals surface area (Å²) in [5.74, 6) is 2.43. The van der Waals surface area contributed by atoms with Crippen LogP contribution in [0.3, 0.4) is 0 Å². The molecule has 0 saturated heterocycles. The molecule has 1 saturated carbocycles. The minimum absolute atomic E-state index is 0.506. The molecule has 0 aliphatic heterocycles. The molecule has 0 aromatic heterocycles. The van der Waals surface area contributed by atoms with E-state index in [1.807, 2.05) is 12.1 Å². The first-order valence-electron chi connectivity index (χ1n) is 7.67. The van der Waals surface area contributed by atoms with E-state index in [9.17, 15) is 0 Å². The first-order chi connectivity index (χ1) is 10.3. The van der Waals surface area contributed by atoms with Crippen molar-refractivity contribution in [1.29, 1.82) is 0 Å². The van der Waals surface area contributed by atoms with Gasteiger partial charge >= 0.3 is 0 Å². The van der Waals surface area contributed by atoms with Crippen molar-refractivity contribution in [2.75, 3.05) is 14.2 Å². The van der Waals surface area contributed by atoms with Gasteiger partial charge in [-0.2, -0.15) is 0 Å². The van der Waals surface area contributed by atoms with Crippen molar-refractivity contribution in [3.63, 3.8) is 0 Å². The molecule has 0 bridgehead atoms. The number of benzene rings is 2. The Morgan fingerprint density at radius 1 is 1.10 bits per heavy atom. The van der Waals surface area contributed by atoms with E-state index >= 15 is 0 Å². The Bertz CT molecular complexity index is 581. The number of methoxy groups -OCH3 is 1. The van der Waals surface area contributed by atoms with Gasteiger partial charge in [0.05, 0.1) is 7.11 Å². The van der Waals surface area contributed by atoms with E-state index < -0.39 is 0 Å². The molecule has 2 aromatic rings. The third kappa shape index (κ3) is 3.11. The maximum absolute atomic E-state index is 5.47. The minimum atomic E-state index is 0.506. The van der Waals surface area contributed by atoms with Crippen molar-refractivity contribution in [1.82, 2.24) is 5.32 Å². The second kappa shape index (κ2) is 6.31. The van der Waals surface area contributed by atoms with Crippen LogP contribution in [-0.2, 0) is 6.42 Å². The van der Waals surface area contributed by atoms with Gasteiger partial charge in [-0.05, 0) is 48.9 Å². The van der Waals surface area contributed by atoms with Crippen LogP contribution < -0.4 is 10.1 Å². The fourth-order valence-electron chi connectivity index (χ4n) is 3.32. The molecule has 1 N–H and O–H groups in total. The molecule has 0 spiro atoms. The Morgan fingerprint density at radius 2 is 1.81 bits per heavy atom. The molecule has 2 heteroatoms. The smallest absolute Gasteiger partial charge is 0.122 e. The summed E-state index contributed by atoms with van der Waals surface area (Å²) < 4.78 is 5.47. The van der Waals surface area contributed by atoms with Gasteiger partial charge in [0.25, 0.3) is 0 Å². The molecule has 0 heterocycles. The van der Waals surface area contributed by atoms with E-state index in [-0.39, 0.29) is 0 Å². The molecular formula is C19H23NO. The maximum Gasteiger partial charge on any atom is 0.122 e. The van der Waals surface area contributed by atoms with E-state index in [4.69, 9.17) is 4.74 Å². The first-order valence-corrected chi connectivity index (χ1v) is 7.67. The summed E-state index contributed by atoms with van der Waals surface area (Å²) in [4.78, 5) is 0. The number of ether oxygens (including phenoxy) is 1. The SMILES string of the molecule is CNC(Cc1ccccc1OC)C1CC1c1ccccc1. The Kier molecular flexibility index (Phi) is 4.26. The molecule has 1 aliphatic rings. The first kappa shape index (κ1) is 14.2. The predicted octanol–water partition coefficient (Wildman–Crippen LogP) is 3.63. The summed E-state index contributed by atoms with van der Waals surface area (Å²) in [5, 5.41) is 3.51. The van der Waals surface area contributed by atoms with Gasteiger partial charge < -0.3 is 10.1 Å². The van der Waals surface area contributed by atoms with Crippen molar-refractivity contribution in [2.45, 2.75) is 24.8 Å². The Hall–Kier alpha value is -1.80. The fraction of sp³-hybridized carbons (Fsp3) is 0.368. The number of para-hydroxylation sites is 1. The lowest BCUT2D eigenvalue weighted by atomic mass is 9.98. The molecule has 0 radical (unpaired) electrons. The summed E-state index contributed by atoms with van der Waals surface area (Å²) >= 11 is 0. The standard InChI is InChI=1S/C19H23NO/c1-20-18(12-15-10-6-7-11-19(15)21-2)17-13-16(17)14-8-4-3-5-9-14/h3-11,16-18,20H,12-13H2,1-2H3. The van der Waals surface area contributed by atoms with Gasteiger partial charge in [0.2, 0.25) is 0 Å². The van der Waals surface area contributed by atoms with Gasteiger partial charge in [0, 0.05) is 6.04 Å². The third-order valence-electron chi connectivity index (χ3n) is 4.59. The lowest BCUT2D eigenvalue weighted by molar-refractivity contribution is 0.402. The van der Waals surface area contributed by atoms with Crippen molar-refractivity contribution in [2.24, 2.45) is 5.92 Å². The minimum Gasteiger partial charge on any atom is -0.496 e. The lowest BCUT2D eigenvalue weighted by Crippen LogP contribution is -2.30. The number of rotatable bonds is 6. The highest BCUT2D eigenvalue weighted by Crippen LogP contribution is 2.50. The highest BCUT2D eigenvalue weighted by molar-refractivity contribution is 5.35. The molecule has 0 amide bonds. The Balaban J connectivity index is 1.70. The Labute approximate surface area is 127 Å². The number of hydrogen-bond donors (Lipinski definition) is 1. The molecular weight excluding hydrogens is 258 g/mol. The van der Waals surface area contributed by atoms with Crippen LogP contribution in [0.1, 0.15) is 23.5 Å². The lowest BCUT2D eigenvalue weighted by Gasteiger charge is -2.18. The van der Waals surface area contributed by atoms with Crippen LogP contribution in [0.5, 0.6) is 5.75 Å². The van der Waals surface area contributed by atoms with Crippen LogP contribution in [0.4, 0.5) is 0 Å². The van der Waals surface area contributed by atoms with Gasteiger partial charge in [-0.3, -0.25) is 0 Å². The van der Waals surface area contributed by atoms with E-state index in [2.05, 4.69) is 54.8 Å². The largest absolute Gasteiger partial charge is 0.496 e. The normalized spacial score (nSPS) is 21.8. The topological polar surface area (TPSA) is 21.3 Å². The van der Waals surface area contributed by atoms with Crippen molar-refractivity contribution < 1.29 is 4.74 Å². The second-order valence-corrected chi connectivity index (χ2v) is 5.83. The fourth-order valence-corrected chi connectivity index (χ4v) is 3.32.